The van der Waals surface area contributed by atoms with E-state index in [9.17, 15) is 14.0 Å². The lowest BCUT2D eigenvalue weighted by Crippen LogP contribution is -2.44. The van der Waals surface area contributed by atoms with E-state index in [0.29, 0.717) is 41.7 Å². The van der Waals surface area contributed by atoms with Gasteiger partial charge in [0.15, 0.2) is 0 Å². The number of hydrogen-bond donors (Lipinski definition) is 0. The molecule has 2 aliphatic rings. The third-order valence-corrected chi connectivity index (χ3v) is 4.81. The number of nitrogens with zero attached hydrogens (tertiary/aromatic N) is 2. The first-order valence-corrected chi connectivity index (χ1v) is 7.85. The van der Waals surface area contributed by atoms with Crippen LogP contribution in [0.2, 0.25) is 0 Å². The molecule has 6 heteroatoms. The van der Waals surface area contributed by atoms with E-state index in [1.807, 2.05) is 0 Å². The molecule has 1 aromatic carbocycles. The fourth-order valence-corrected chi connectivity index (χ4v) is 3.46. The van der Waals surface area contributed by atoms with Crippen molar-refractivity contribution in [3.05, 3.63) is 28.0 Å². The second-order valence-electron chi connectivity index (χ2n) is 5.54. The Morgan fingerprint density at radius 3 is 2.81 bits per heavy atom. The summed E-state index contributed by atoms with van der Waals surface area (Å²) in [5, 5.41) is 0. The minimum Gasteiger partial charge on any atom is -0.331 e. The van der Waals surface area contributed by atoms with Crippen LogP contribution in [-0.4, -0.2) is 35.8 Å². The van der Waals surface area contributed by atoms with Gasteiger partial charge in [0, 0.05) is 25.2 Å². The molecule has 1 atom stereocenters. The monoisotopic (exact) mass is 354 g/mol. The lowest BCUT2D eigenvalue weighted by molar-refractivity contribution is -0.135. The number of amides is 2. The molecule has 1 aromatic rings. The molecular formula is C15H16BrFN2O2. The van der Waals surface area contributed by atoms with Gasteiger partial charge in [-0.1, -0.05) is 0 Å². The largest absolute Gasteiger partial charge is 0.331 e. The second kappa shape index (κ2) is 5.40. The molecule has 0 radical (unpaired) electrons. The van der Waals surface area contributed by atoms with E-state index >= 15 is 0 Å². The minimum absolute atomic E-state index is 0.0344. The number of hydrogen-bond acceptors (Lipinski definition) is 2. The smallest absolute Gasteiger partial charge is 0.249 e. The maximum atomic E-state index is 13.6. The molecule has 0 bridgehead atoms. The summed E-state index contributed by atoms with van der Waals surface area (Å²) in [4.78, 5) is 28.2. The summed E-state index contributed by atoms with van der Waals surface area (Å²) in [7, 11) is 0. The van der Waals surface area contributed by atoms with Crippen LogP contribution in [0, 0.1) is 12.7 Å². The number of rotatable bonds is 1. The molecule has 3 rings (SSSR count). The van der Waals surface area contributed by atoms with Crippen LogP contribution in [-0.2, 0) is 9.59 Å². The highest BCUT2D eigenvalue weighted by Crippen LogP contribution is 2.31. The van der Waals surface area contributed by atoms with Crippen LogP contribution in [0.5, 0.6) is 0 Å². The van der Waals surface area contributed by atoms with Crippen molar-refractivity contribution >= 4 is 33.4 Å². The Labute approximate surface area is 131 Å². The van der Waals surface area contributed by atoms with Gasteiger partial charge in [0.05, 0.1) is 4.47 Å². The lowest BCUT2D eigenvalue weighted by atomic mass is 10.1. The minimum atomic E-state index is -0.358. The Morgan fingerprint density at radius 2 is 2.05 bits per heavy atom. The zero-order chi connectivity index (χ0) is 15.1. The maximum Gasteiger partial charge on any atom is 0.249 e. The van der Waals surface area contributed by atoms with Crippen molar-refractivity contribution in [1.82, 2.24) is 4.90 Å². The predicted molar refractivity (Wildman–Crippen MR) is 80.5 cm³/mol. The molecule has 1 unspecified atom stereocenters. The van der Waals surface area contributed by atoms with E-state index in [1.165, 1.54) is 6.07 Å². The van der Waals surface area contributed by atoms with Crippen LogP contribution >= 0.6 is 15.9 Å². The fraction of sp³-hybridized carbons (Fsp3) is 0.467. The number of aryl methyl sites for hydroxylation is 1. The molecule has 0 saturated carbocycles. The SMILES string of the molecule is Cc1cc(F)c(Br)cc1N1CCC(=O)N2CCCC2C1=O. The van der Waals surface area contributed by atoms with Crippen molar-refractivity contribution in [3.63, 3.8) is 0 Å². The van der Waals surface area contributed by atoms with E-state index in [4.69, 9.17) is 0 Å². The van der Waals surface area contributed by atoms with Crippen molar-refractivity contribution in [2.75, 3.05) is 18.0 Å². The first-order chi connectivity index (χ1) is 9.99. The van der Waals surface area contributed by atoms with Crippen molar-refractivity contribution in [2.24, 2.45) is 0 Å². The highest BCUT2D eigenvalue weighted by molar-refractivity contribution is 9.10. The Hall–Kier alpha value is -1.43. The number of benzene rings is 1. The van der Waals surface area contributed by atoms with Crippen molar-refractivity contribution < 1.29 is 14.0 Å². The molecule has 21 heavy (non-hydrogen) atoms. The van der Waals surface area contributed by atoms with Crippen LogP contribution in [0.4, 0.5) is 10.1 Å². The van der Waals surface area contributed by atoms with Gasteiger partial charge in [-0.05, 0) is 53.4 Å². The van der Waals surface area contributed by atoms with Gasteiger partial charge in [-0.25, -0.2) is 4.39 Å². The average Bonchev–Trinajstić information content (AvgIpc) is 2.89. The lowest BCUT2D eigenvalue weighted by Gasteiger charge is -2.26. The van der Waals surface area contributed by atoms with Crippen LogP contribution in [0.25, 0.3) is 0 Å². The Morgan fingerprint density at radius 1 is 1.29 bits per heavy atom. The summed E-state index contributed by atoms with van der Waals surface area (Å²) < 4.78 is 13.9. The predicted octanol–water partition coefficient (Wildman–Crippen LogP) is 2.62. The molecule has 0 N–H and O–H groups in total. The van der Waals surface area contributed by atoms with E-state index in [2.05, 4.69) is 15.9 Å². The van der Waals surface area contributed by atoms with Crippen LogP contribution in [0.3, 0.4) is 0 Å². The molecule has 4 nitrogen and oxygen atoms in total. The maximum absolute atomic E-state index is 13.6. The highest BCUT2D eigenvalue weighted by atomic mass is 79.9. The molecular weight excluding hydrogens is 339 g/mol. The number of halogens is 2. The topological polar surface area (TPSA) is 40.6 Å². The Bertz CT molecular complexity index is 620. The fourth-order valence-electron chi connectivity index (χ4n) is 3.13. The average molecular weight is 355 g/mol. The van der Waals surface area contributed by atoms with Crippen molar-refractivity contribution in [3.8, 4) is 0 Å². The Balaban J connectivity index is 2.00. The second-order valence-corrected chi connectivity index (χ2v) is 6.39. The van der Waals surface area contributed by atoms with Gasteiger partial charge in [-0.2, -0.15) is 0 Å². The third kappa shape index (κ3) is 2.46. The summed E-state index contributed by atoms with van der Waals surface area (Å²) in [5.41, 5.74) is 1.37. The number of fused-ring (bicyclic) bond motifs is 1. The number of carbonyl (C=O) groups is 2. The summed E-state index contributed by atoms with van der Waals surface area (Å²) in [6.07, 6.45) is 1.89. The molecule has 112 valence electrons. The zero-order valence-electron chi connectivity index (χ0n) is 11.7. The van der Waals surface area contributed by atoms with Gasteiger partial charge in [0.25, 0.3) is 0 Å². The molecule has 2 saturated heterocycles. The molecule has 0 aliphatic carbocycles. The van der Waals surface area contributed by atoms with E-state index < -0.39 is 0 Å². The number of carbonyl (C=O) groups excluding carboxylic acids is 2. The quantitative estimate of drug-likeness (QED) is 0.777. The van der Waals surface area contributed by atoms with Gasteiger partial charge >= 0.3 is 0 Å². The van der Waals surface area contributed by atoms with Gasteiger partial charge in [-0.3, -0.25) is 9.59 Å². The van der Waals surface area contributed by atoms with Crippen LogP contribution < -0.4 is 4.90 Å². The first-order valence-electron chi connectivity index (χ1n) is 7.05. The summed E-state index contributed by atoms with van der Waals surface area (Å²) in [6, 6.07) is 2.67. The number of anilines is 1. The zero-order valence-corrected chi connectivity index (χ0v) is 13.3. The standard InChI is InChI=1S/C15H16BrFN2O2/c1-9-7-11(17)10(16)8-13(9)19-6-4-14(20)18-5-2-3-12(18)15(19)21/h7-8,12H,2-6H2,1H3. The molecule has 0 spiro atoms. The Kier molecular flexibility index (Phi) is 3.73. The molecule has 2 amide bonds. The van der Waals surface area contributed by atoms with E-state index in [1.54, 1.807) is 22.8 Å². The van der Waals surface area contributed by atoms with Crippen LogP contribution in [0.1, 0.15) is 24.8 Å². The molecule has 2 heterocycles. The van der Waals surface area contributed by atoms with E-state index in [-0.39, 0.29) is 23.7 Å². The normalized spacial score (nSPS) is 22.5. The summed E-state index contributed by atoms with van der Waals surface area (Å²) >= 11 is 3.16. The first kappa shape index (κ1) is 14.5. The van der Waals surface area contributed by atoms with Gasteiger partial charge in [-0.15, -0.1) is 0 Å². The van der Waals surface area contributed by atoms with E-state index in [0.717, 1.165) is 6.42 Å². The van der Waals surface area contributed by atoms with Crippen molar-refractivity contribution in [1.29, 1.82) is 0 Å². The summed E-state index contributed by atoms with van der Waals surface area (Å²) in [6.45, 7) is 2.79. The third-order valence-electron chi connectivity index (χ3n) is 4.20. The van der Waals surface area contributed by atoms with Crippen molar-refractivity contribution in [2.45, 2.75) is 32.2 Å². The molecule has 0 aromatic heterocycles. The van der Waals surface area contributed by atoms with Gasteiger partial charge in [0.2, 0.25) is 11.8 Å². The van der Waals surface area contributed by atoms with Crippen LogP contribution in [0.15, 0.2) is 16.6 Å². The summed E-state index contributed by atoms with van der Waals surface area (Å²) in [5.74, 6) is -0.371. The van der Waals surface area contributed by atoms with Gasteiger partial charge < -0.3 is 9.80 Å². The molecule has 2 fully saturated rings. The molecule has 2 aliphatic heterocycles. The van der Waals surface area contributed by atoms with Gasteiger partial charge in [0.1, 0.15) is 11.9 Å². The highest BCUT2D eigenvalue weighted by Gasteiger charge is 2.40.